The number of nitrogens with zero attached hydrogens (tertiary/aromatic N) is 2. The Bertz CT molecular complexity index is 878. The van der Waals surface area contributed by atoms with Gasteiger partial charge in [0.2, 0.25) is 0 Å². The highest BCUT2D eigenvalue weighted by molar-refractivity contribution is 5.33. The minimum atomic E-state index is 0.336. The van der Waals surface area contributed by atoms with Crippen molar-refractivity contribution in [1.82, 2.24) is 9.80 Å². The van der Waals surface area contributed by atoms with Crippen molar-refractivity contribution >= 4 is 0 Å². The Hall–Kier alpha value is -2.42. The Balaban J connectivity index is 1.48. The van der Waals surface area contributed by atoms with Crippen molar-refractivity contribution < 1.29 is 0 Å². The quantitative estimate of drug-likeness (QED) is 0.608. The smallest absolute Gasteiger partial charge is 0.0602 e. The molecule has 1 fully saturated rings. The van der Waals surface area contributed by atoms with E-state index >= 15 is 0 Å². The van der Waals surface area contributed by atoms with Gasteiger partial charge in [-0.05, 0) is 30.5 Å². The first-order chi connectivity index (χ1) is 13.7. The molecule has 1 aliphatic rings. The molecule has 0 radical (unpaired) electrons. The van der Waals surface area contributed by atoms with Crippen molar-refractivity contribution in [2.75, 3.05) is 26.2 Å². The lowest BCUT2D eigenvalue weighted by atomic mass is 9.95. The highest BCUT2D eigenvalue weighted by Crippen LogP contribution is 2.30. The van der Waals surface area contributed by atoms with E-state index in [4.69, 9.17) is 0 Å². The fourth-order valence-electron chi connectivity index (χ4n) is 4.25. The van der Waals surface area contributed by atoms with Crippen LogP contribution in [0.1, 0.15) is 33.9 Å². The average Bonchev–Trinajstić information content (AvgIpc) is 2.72. The molecule has 0 aliphatic carbocycles. The molecule has 4 rings (SSSR count). The molecule has 0 saturated carbocycles. The lowest BCUT2D eigenvalue weighted by Crippen LogP contribution is -2.47. The van der Waals surface area contributed by atoms with Crippen molar-refractivity contribution in [2.45, 2.75) is 26.4 Å². The van der Waals surface area contributed by atoms with Gasteiger partial charge in [0, 0.05) is 32.7 Å². The molecule has 0 amide bonds. The van der Waals surface area contributed by atoms with Gasteiger partial charge in [0.25, 0.3) is 0 Å². The molecule has 0 N–H and O–H groups in total. The molecule has 0 aromatic heterocycles. The maximum absolute atomic E-state index is 2.65. The molecule has 3 aromatic carbocycles. The topological polar surface area (TPSA) is 6.48 Å². The predicted octanol–water partition coefficient (Wildman–Crippen LogP) is 5.21. The van der Waals surface area contributed by atoms with Gasteiger partial charge in [0.15, 0.2) is 0 Å². The van der Waals surface area contributed by atoms with Gasteiger partial charge in [-0.15, -0.1) is 0 Å². The van der Waals surface area contributed by atoms with Gasteiger partial charge in [0.1, 0.15) is 0 Å². The van der Waals surface area contributed by atoms with E-state index in [9.17, 15) is 0 Å². The molecule has 2 nitrogen and oxygen atoms in total. The molecule has 3 aromatic rings. The summed E-state index contributed by atoms with van der Waals surface area (Å²) in [5.41, 5.74) is 6.87. The summed E-state index contributed by atoms with van der Waals surface area (Å²) in [5, 5.41) is 0. The van der Waals surface area contributed by atoms with E-state index in [0.717, 1.165) is 32.7 Å². The number of hydrogen-bond donors (Lipinski definition) is 0. The molecule has 144 valence electrons. The zero-order chi connectivity index (χ0) is 19.3. The van der Waals surface area contributed by atoms with Gasteiger partial charge in [-0.1, -0.05) is 90.0 Å². The normalized spacial score (nSPS) is 16.8. The summed E-state index contributed by atoms with van der Waals surface area (Å²) in [6.45, 7) is 9.81. The summed E-state index contributed by atoms with van der Waals surface area (Å²) in [7, 11) is 0. The Morgan fingerprint density at radius 2 is 1.36 bits per heavy atom. The van der Waals surface area contributed by atoms with Crippen LogP contribution in [0.5, 0.6) is 0 Å². The second-order valence-electron chi connectivity index (χ2n) is 8.03. The van der Waals surface area contributed by atoms with E-state index in [0.29, 0.717) is 6.04 Å². The first-order valence-electron chi connectivity index (χ1n) is 10.3. The minimum absolute atomic E-state index is 0.336. The Labute approximate surface area is 169 Å². The molecule has 0 spiro atoms. The second-order valence-corrected chi connectivity index (χ2v) is 8.03. The van der Waals surface area contributed by atoms with E-state index in [1.165, 1.54) is 27.8 Å². The first-order valence-corrected chi connectivity index (χ1v) is 10.3. The molecule has 2 heteroatoms. The summed E-state index contributed by atoms with van der Waals surface area (Å²) in [6.07, 6.45) is 0. The van der Waals surface area contributed by atoms with E-state index in [-0.39, 0.29) is 0 Å². The summed E-state index contributed by atoms with van der Waals surface area (Å²) in [6, 6.07) is 29.3. The van der Waals surface area contributed by atoms with Gasteiger partial charge in [-0.2, -0.15) is 0 Å². The SMILES string of the molecule is Cc1ccc([C@@H](c2ccccc2)N2CCN(Cc3cccc(C)c3)CC2)cc1. The fourth-order valence-corrected chi connectivity index (χ4v) is 4.25. The molecule has 1 aliphatic heterocycles. The number of piperazine rings is 1. The van der Waals surface area contributed by atoms with E-state index < -0.39 is 0 Å². The standard InChI is InChI=1S/C26H30N2/c1-21-11-13-25(14-12-21)26(24-9-4-3-5-10-24)28-17-15-27(16-18-28)20-23-8-6-7-22(2)19-23/h3-14,19,26H,15-18,20H2,1-2H3/t26-/m1/s1. The van der Waals surface area contributed by atoms with Crippen molar-refractivity contribution in [3.05, 3.63) is 107 Å². The van der Waals surface area contributed by atoms with Crippen LogP contribution in [0.2, 0.25) is 0 Å². The van der Waals surface area contributed by atoms with E-state index in [1.54, 1.807) is 0 Å². The van der Waals surface area contributed by atoms with Crippen molar-refractivity contribution in [3.63, 3.8) is 0 Å². The summed E-state index contributed by atoms with van der Waals surface area (Å²) < 4.78 is 0. The van der Waals surface area contributed by atoms with Crippen molar-refractivity contribution in [2.24, 2.45) is 0 Å². The number of rotatable bonds is 5. The fraction of sp³-hybridized carbons (Fsp3) is 0.308. The van der Waals surface area contributed by atoms with Crippen LogP contribution in [-0.4, -0.2) is 36.0 Å². The van der Waals surface area contributed by atoms with Gasteiger partial charge in [-0.25, -0.2) is 0 Å². The zero-order valence-electron chi connectivity index (χ0n) is 17.0. The summed E-state index contributed by atoms with van der Waals surface area (Å²) >= 11 is 0. The maximum Gasteiger partial charge on any atom is 0.0602 e. The molecule has 1 saturated heterocycles. The van der Waals surface area contributed by atoms with E-state index in [2.05, 4.69) is 103 Å². The third-order valence-electron chi connectivity index (χ3n) is 5.77. The molecule has 0 bridgehead atoms. The van der Waals surface area contributed by atoms with Crippen molar-refractivity contribution in [3.8, 4) is 0 Å². The van der Waals surface area contributed by atoms with Crippen LogP contribution in [0.4, 0.5) is 0 Å². The van der Waals surface area contributed by atoms with Gasteiger partial charge in [-0.3, -0.25) is 9.80 Å². The molecule has 28 heavy (non-hydrogen) atoms. The van der Waals surface area contributed by atoms with Crippen LogP contribution in [0.15, 0.2) is 78.9 Å². The second kappa shape index (κ2) is 8.72. The van der Waals surface area contributed by atoms with Crippen LogP contribution < -0.4 is 0 Å². The molecule has 1 atom stereocenters. The van der Waals surface area contributed by atoms with Crippen LogP contribution in [0.3, 0.4) is 0 Å². The number of aryl methyl sites for hydroxylation is 2. The molecule has 0 unspecified atom stereocenters. The Morgan fingerprint density at radius 3 is 2.04 bits per heavy atom. The lowest BCUT2D eigenvalue weighted by Gasteiger charge is -2.40. The monoisotopic (exact) mass is 370 g/mol. The van der Waals surface area contributed by atoms with Gasteiger partial charge >= 0.3 is 0 Å². The van der Waals surface area contributed by atoms with E-state index in [1.807, 2.05) is 0 Å². The van der Waals surface area contributed by atoms with Crippen LogP contribution in [0, 0.1) is 13.8 Å². The first kappa shape index (κ1) is 18.9. The lowest BCUT2D eigenvalue weighted by molar-refractivity contribution is 0.105. The zero-order valence-corrected chi connectivity index (χ0v) is 17.0. The average molecular weight is 371 g/mol. The third-order valence-corrected chi connectivity index (χ3v) is 5.77. The van der Waals surface area contributed by atoms with Crippen LogP contribution in [-0.2, 0) is 6.54 Å². The highest BCUT2D eigenvalue weighted by Gasteiger charge is 2.26. The van der Waals surface area contributed by atoms with Crippen LogP contribution >= 0.6 is 0 Å². The molecular formula is C26H30N2. The largest absolute Gasteiger partial charge is 0.297 e. The number of benzene rings is 3. The Morgan fingerprint density at radius 1 is 0.679 bits per heavy atom. The Kier molecular flexibility index (Phi) is 5.90. The summed E-state index contributed by atoms with van der Waals surface area (Å²) in [5.74, 6) is 0. The van der Waals surface area contributed by atoms with Crippen molar-refractivity contribution in [1.29, 1.82) is 0 Å². The minimum Gasteiger partial charge on any atom is -0.297 e. The highest BCUT2D eigenvalue weighted by atomic mass is 15.3. The number of hydrogen-bond acceptors (Lipinski definition) is 2. The maximum atomic E-state index is 2.65. The molecule has 1 heterocycles. The predicted molar refractivity (Wildman–Crippen MR) is 117 cm³/mol. The molecular weight excluding hydrogens is 340 g/mol. The van der Waals surface area contributed by atoms with Crippen LogP contribution in [0.25, 0.3) is 0 Å². The van der Waals surface area contributed by atoms with Gasteiger partial charge in [0.05, 0.1) is 6.04 Å². The summed E-state index contributed by atoms with van der Waals surface area (Å²) in [4.78, 5) is 5.23. The third kappa shape index (κ3) is 4.52. The van der Waals surface area contributed by atoms with Gasteiger partial charge < -0.3 is 0 Å².